The molecule has 0 fully saturated rings. The van der Waals surface area contributed by atoms with Gasteiger partial charge in [0.25, 0.3) is 0 Å². The van der Waals surface area contributed by atoms with E-state index in [1.807, 2.05) is 18.3 Å². The van der Waals surface area contributed by atoms with Crippen LogP contribution in [0.1, 0.15) is 25.8 Å². The van der Waals surface area contributed by atoms with E-state index in [0.29, 0.717) is 12.3 Å². The Morgan fingerprint density at radius 1 is 1.29 bits per heavy atom. The summed E-state index contributed by atoms with van der Waals surface area (Å²) < 4.78 is 0. The van der Waals surface area contributed by atoms with E-state index in [-0.39, 0.29) is 5.84 Å². The van der Waals surface area contributed by atoms with Crippen LogP contribution < -0.4 is 5.73 Å². The molecule has 3 N–H and O–H groups in total. The average molecular weight is 284 g/mol. The van der Waals surface area contributed by atoms with Crippen molar-refractivity contribution in [3.63, 3.8) is 0 Å². The third kappa shape index (κ3) is 4.53. The van der Waals surface area contributed by atoms with Crippen LogP contribution in [0.5, 0.6) is 0 Å². The monoisotopic (exact) mass is 284 g/mol. The van der Waals surface area contributed by atoms with Gasteiger partial charge in [0.2, 0.25) is 0 Å². The number of benzene rings is 1. The van der Waals surface area contributed by atoms with Crippen LogP contribution in [0, 0.1) is 11.3 Å². The van der Waals surface area contributed by atoms with Crippen molar-refractivity contribution in [3.8, 4) is 0 Å². The maximum atomic E-state index is 7.42. The van der Waals surface area contributed by atoms with E-state index in [1.54, 1.807) is 0 Å². The minimum absolute atomic E-state index is 0.253. The lowest BCUT2D eigenvalue weighted by Gasteiger charge is -2.24. The molecule has 0 aliphatic carbocycles. The second-order valence-electron chi connectivity index (χ2n) is 5.89. The molecule has 21 heavy (non-hydrogen) atoms. The van der Waals surface area contributed by atoms with Gasteiger partial charge in [0.15, 0.2) is 0 Å². The van der Waals surface area contributed by atoms with Crippen LogP contribution in [-0.4, -0.2) is 28.8 Å². The van der Waals surface area contributed by atoms with Gasteiger partial charge >= 0.3 is 0 Å². The van der Waals surface area contributed by atoms with Crippen LogP contribution in [0.2, 0.25) is 0 Å². The number of pyridine rings is 1. The van der Waals surface area contributed by atoms with Gasteiger partial charge in [0.1, 0.15) is 0 Å². The van der Waals surface area contributed by atoms with Gasteiger partial charge in [-0.1, -0.05) is 32.0 Å². The number of fused-ring (bicyclic) bond motifs is 1. The second-order valence-corrected chi connectivity index (χ2v) is 5.89. The fourth-order valence-electron chi connectivity index (χ4n) is 2.56. The molecule has 1 aromatic carbocycles. The summed E-state index contributed by atoms with van der Waals surface area (Å²) in [6.07, 6.45) is 2.49. The zero-order valence-corrected chi connectivity index (χ0v) is 12.8. The molecule has 0 spiro atoms. The SMILES string of the molecule is CC(C)CN(CCC(=N)N)Cc1ccnc2ccccc12. The second kappa shape index (κ2) is 7.18. The predicted molar refractivity (Wildman–Crippen MR) is 88.4 cm³/mol. The van der Waals surface area contributed by atoms with Crippen molar-refractivity contribution in [3.05, 3.63) is 42.1 Å². The maximum Gasteiger partial charge on any atom is 0.0918 e. The van der Waals surface area contributed by atoms with Gasteiger partial charge in [-0.05, 0) is 23.6 Å². The lowest BCUT2D eigenvalue weighted by atomic mass is 10.1. The van der Waals surface area contributed by atoms with Crippen LogP contribution >= 0.6 is 0 Å². The Hall–Kier alpha value is -1.94. The molecule has 0 saturated carbocycles. The Morgan fingerprint density at radius 3 is 2.76 bits per heavy atom. The quantitative estimate of drug-likeness (QED) is 0.606. The number of hydrogen-bond donors (Lipinski definition) is 2. The topological polar surface area (TPSA) is 66.0 Å². The molecule has 0 amide bonds. The number of nitrogens with zero attached hydrogens (tertiary/aromatic N) is 2. The molecule has 0 atom stereocenters. The van der Waals surface area contributed by atoms with Gasteiger partial charge in [-0.3, -0.25) is 15.3 Å². The average Bonchev–Trinajstić information content (AvgIpc) is 2.44. The van der Waals surface area contributed by atoms with Crippen LogP contribution in [0.15, 0.2) is 36.5 Å². The number of para-hydroxylation sites is 1. The smallest absolute Gasteiger partial charge is 0.0918 e. The Kier molecular flexibility index (Phi) is 5.28. The highest BCUT2D eigenvalue weighted by molar-refractivity contribution is 5.81. The summed E-state index contributed by atoms with van der Waals surface area (Å²) in [5, 5.41) is 8.63. The minimum atomic E-state index is 0.253. The number of hydrogen-bond acceptors (Lipinski definition) is 3. The van der Waals surface area contributed by atoms with E-state index < -0.39 is 0 Å². The summed E-state index contributed by atoms with van der Waals surface area (Å²) in [5.41, 5.74) is 7.82. The summed E-state index contributed by atoms with van der Waals surface area (Å²) in [7, 11) is 0. The Labute approximate surface area is 126 Å². The first-order valence-corrected chi connectivity index (χ1v) is 7.44. The van der Waals surface area contributed by atoms with Gasteiger partial charge in [-0.2, -0.15) is 0 Å². The van der Waals surface area contributed by atoms with Gasteiger partial charge in [-0.25, -0.2) is 0 Å². The van der Waals surface area contributed by atoms with Crippen molar-refractivity contribution >= 4 is 16.7 Å². The summed E-state index contributed by atoms with van der Waals surface area (Å²) in [5.74, 6) is 0.841. The van der Waals surface area contributed by atoms with Crippen molar-refractivity contribution in [2.24, 2.45) is 11.7 Å². The zero-order chi connectivity index (χ0) is 15.2. The van der Waals surface area contributed by atoms with Crippen LogP contribution in [0.25, 0.3) is 10.9 Å². The highest BCUT2D eigenvalue weighted by Gasteiger charge is 2.11. The molecule has 0 aliphatic heterocycles. The number of amidine groups is 1. The molecule has 0 bridgehead atoms. The number of aromatic nitrogens is 1. The first kappa shape index (κ1) is 15.4. The third-order valence-electron chi connectivity index (χ3n) is 3.45. The van der Waals surface area contributed by atoms with E-state index >= 15 is 0 Å². The molecule has 0 unspecified atom stereocenters. The van der Waals surface area contributed by atoms with Gasteiger partial charge in [0, 0.05) is 37.6 Å². The predicted octanol–water partition coefficient (Wildman–Crippen LogP) is 3.02. The molecule has 0 radical (unpaired) electrons. The van der Waals surface area contributed by atoms with Crippen LogP contribution in [0.3, 0.4) is 0 Å². The Morgan fingerprint density at radius 2 is 2.05 bits per heavy atom. The van der Waals surface area contributed by atoms with Crippen LogP contribution in [-0.2, 0) is 6.54 Å². The molecule has 0 saturated heterocycles. The first-order valence-electron chi connectivity index (χ1n) is 7.44. The summed E-state index contributed by atoms with van der Waals surface area (Å²) >= 11 is 0. The Balaban J connectivity index is 2.19. The lowest BCUT2D eigenvalue weighted by molar-refractivity contribution is 0.243. The van der Waals surface area contributed by atoms with Crippen molar-refractivity contribution in [1.82, 2.24) is 9.88 Å². The van der Waals surface area contributed by atoms with E-state index in [0.717, 1.165) is 25.2 Å². The highest BCUT2D eigenvalue weighted by atomic mass is 15.1. The molecule has 4 heteroatoms. The van der Waals surface area contributed by atoms with E-state index in [4.69, 9.17) is 11.1 Å². The fraction of sp³-hybridized carbons (Fsp3) is 0.412. The standard InChI is InChI=1S/C17H24N4/c1-13(2)11-21(10-8-17(18)19)12-14-7-9-20-16-6-4-3-5-15(14)16/h3-7,9,13H,8,10-12H2,1-2H3,(H3,18,19). The number of nitrogens with one attached hydrogen (secondary N) is 1. The molecule has 0 aliphatic rings. The number of nitrogens with two attached hydrogens (primary N) is 1. The molecule has 4 nitrogen and oxygen atoms in total. The molecule has 1 aromatic heterocycles. The third-order valence-corrected chi connectivity index (χ3v) is 3.45. The van der Waals surface area contributed by atoms with Crippen molar-refractivity contribution in [2.75, 3.05) is 13.1 Å². The highest BCUT2D eigenvalue weighted by Crippen LogP contribution is 2.18. The molecule has 1 heterocycles. The largest absolute Gasteiger partial charge is 0.388 e. The Bertz CT molecular complexity index is 601. The lowest BCUT2D eigenvalue weighted by Crippen LogP contribution is -2.31. The normalized spacial score (nSPS) is 11.4. The van der Waals surface area contributed by atoms with E-state index in [9.17, 15) is 0 Å². The maximum absolute atomic E-state index is 7.42. The van der Waals surface area contributed by atoms with Crippen molar-refractivity contribution in [1.29, 1.82) is 5.41 Å². The van der Waals surface area contributed by atoms with Gasteiger partial charge in [-0.15, -0.1) is 0 Å². The number of rotatable bonds is 7. The van der Waals surface area contributed by atoms with E-state index in [1.165, 1.54) is 10.9 Å². The molecular formula is C17H24N4. The van der Waals surface area contributed by atoms with Crippen molar-refractivity contribution in [2.45, 2.75) is 26.8 Å². The molecule has 2 rings (SSSR count). The fourth-order valence-corrected chi connectivity index (χ4v) is 2.56. The van der Waals surface area contributed by atoms with Crippen LogP contribution in [0.4, 0.5) is 0 Å². The first-order chi connectivity index (χ1) is 10.1. The molecular weight excluding hydrogens is 260 g/mol. The summed E-state index contributed by atoms with van der Waals surface area (Å²) in [6.45, 7) is 7.12. The minimum Gasteiger partial charge on any atom is -0.388 e. The van der Waals surface area contributed by atoms with E-state index in [2.05, 4.69) is 41.9 Å². The van der Waals surface area contributed by atoms with Gasteiger partial charge < -0.3 is 5.73 Å². The summed E-state index contributed by atoms with van der Waals surface area (Å²) in [6, 6.07) is 10.3. The van der Waals surface area contributed by atoms with Crippen molar-refractivity contribution < 1.29 is 0 Å². The molecule has 112 valence electrons. The van der Waals surface area contributed by atoms with Gasteiger partial charge in [0.05, 0.1) is 11.4 Å². The molecule has 2 aromatic rings. The zero-order valence-electron chi connectivity index (χ0n) is 12.8. The summed E-state index contributed by atoms with van der Waals surface area (Å²) in [4.78, 5) is 6.78.